The van der Waals surface area contributed by atoms with Crippen LogP contribution in [0.1, 0.15) is 57.8 Å². The molecule has 0 aromatic carbocycles. The second-order valence-corrected chi connectivity index (χ2v) is 5.93. The monoisotopic (exact) mass is 279 g/mol. The first-order valence-electron chi connectivity index (χ1n) is 8.24. The van der Waals surface area contributed by atoms with E-state index in [2.05, 4.69) is 5.10 Å². The first-order valence-corrected chi connectivity index (χ1v) is 8.24. The van der Waals surface area contributed by atoms with Gasteiger partial charge < -0.3 is 10.5 Å². The minimum Gasteiger partial charge on any atom is -0.490 e. The smallest absolute Gasteiger partial charge is 0.157 e. The molecule has 0 atom stereocenters. The molecular formula is C16H29N3O. The molecule has 2 rings (SSSR count). The minimum absolute atomic E-state index is 0.772. The first kappa shape index (κ1) is 15.4. The summed E-state index contributed by atoms with van der Waals surface area (Å²) in [4.78, 5) is 0. The summed E-state index contributed by atoms with van der Waals surface area (Å²) < 4.78 is 7.73. The number of nitrogens with two attached hydrogens (primary N) is 1. The van der Waals surface area contributed by atoms with Crippen molar-refractivity contribution in [2.45, 2.75) is 64.3 Å². The van der Waals surface area contributed by atoms with Gasteiger partial charge >= 0.3 is 0 Å². The third kappa shape index (κ3) is 5.53. The van der Waals surface area contributed by atoms with Gasteiger partial charge in [0.05, 0.1) is 19.0 Å². The van der Waals surface area contributed by atoms with Crippen LogP contribution in [0.5, 0.6) is 5.75 Å². The van der Waals surface area contributed by atoms with E-state index >= 15 is 0 Å². The zero-order chi connectivity index (χ0) is 14.0. The van der Waals surface area contributed by atoms with E-state index in [-0.39, 0.29) is 0 Å². The van der Waals surface area contributed by atoms with Crippen LogP contribution in [0.25, 0.3) is 0 Å². The Hall–Kier alpha value is -1.03. The quantitative estimate of drug-likeness (QED) is 0.705. The van der Waals surface area contributed by atoms with Gasteiger partial charge in [-0.15, -0.1) is 0 Å². The van der Waals surface area contributed by atoms with Gasteiger partial charge in [-0.3, -0.25) is 4.68 Å². The van der Waals surface area contributed by atoms with Crippen LogP contribution >= 0.6 is 0 Å². The summed E-state index contributed by atoms with van der Waals surface area (Å²) in [7, 11) is 0. The van der Waals surface area contributed by atoms with Crippen molar-refractivity contribution in [2.24, 2.45) is 11.7 Å². The Morgan fingerprint density at radius 2 is 2.05 bits per heavy atom. The van der Waals surface area contributed by atoms with E-state index in [9.17, 15) is 0 Å². The van der Waals surface area contributed by atoms with Gasteiger partial charge in [0.1, 0.15) is 0 Å². The lowest BCUT2D eigenvalue weighted by atomic mass is 9.87. The second-order valence-electron chi connectivity index (χ2n) is 5.93. The number of rotatable bonds is 9. The number of aryl methyl sites for hydroxylation is 1. The molecule has 4 nitrogen and oxygen atoms in total. The van der Waals surface area contributed by atoms with Crippen molar-refractivity contribution >= 4 is 0 Å². The van der Waals surface area contributed by atoms with Gasteiger partial charge in [0.25, 0.3) is 0 Å². The Balaban J connectivity index is 1.61. The van der Waals surface area contributed by atoms with E-state index in [1.807, 2.05) is 17.1 Å². The van der Waals surface area contributed by atoms with Crippen molar-refractivity contribution in [2.75, 3.05) is 13.2 Å². The molecule has 0 radical (unpaired) electrons. The number of aromatic nitrogens is 2. The summed E-state index contributed by atoms with van der Waals surface area (Å²) in [6, 6.07) is 0. The molecule has 1 fully saturated rings. The molecule has 0 spiro atoms. The summed E-state index contributed by atoms with van der Waals surface area (Å²) in [6.07, 6.45) is 15.5. The van der Waals surface area contributed by atoms with Gasteiger partial charge in [0.15, 0.2) is 5.75 Å². The van der Waals surface area contributed by atoms with E-state index in [1.54, 1.807) is 0 Å². The van der Waals surface area contributed by atoms with Crippen molar-refractivity contribution < 1.29 is 4.74 Å². The van der Waals surface area contributed by atoms with Gasteiger partial charge in [0, 0.05) is 6.54 Å². The summed E-state index contributed by atoms with van der Waals surface area (Å²) in [5.74, 6) is 1.81. The van der Waals surface area contributed by atoms with E-state index in [4.69, 9.17) is 10.5 Å². The number of hydrogen-bond acceptors (Lipinski definition) is 3. The highest BCUT2D eigenvalue weighted by Crippen LogP contribution is 2.26. The van der Waals surface area contributed by atoms with E-state index in [0.717, 1.165) is 50.6 Å². The average Bonchev–Trinajstić information content (AvgIpc) is 2.94. The van der Waals surface area contributed by atoms with Crippen LogP contribution in [-0.2, 0) is 6.54 Å². The van der Waals surface area contributed by atoms with Crippen LogP contribution in [0.15, 0.2) is 12.4 Å². The molecule has 114 valence electrons. The topological polar surface area (TPSA) is 53.1 Å². The fourth-order valence-corrected chi connectivity index (χ4v) is 2.95. The molecule has 0 amide bonds. The predicted molar refractivity (Wildman–Crippen MR) is 81.8 cm³/mol. The van der Waals surface area contributed by atoms with E-state index in [1.165, 1.54) is 38.5 Å². The maximum atomic E-state index is 5.70. The molecule has 0 saturated heterocycles. The van der Waals surface area contributed by atoms with Gasteiger partial charge in [-0.1, -0.05) is 32.1 Å². The Bertz CT molecular complexity index is 358. The molecule has 1 aromatic rings. The third-order valence-corrected chi connectivity index (χ3v) is 4.22. The van der Waals surface area contributed by atoms with Crippen LogP contribution in [0.2, 0.25) is 0 Å². The lowest BCUT2D eigenvalue weighted by molar-refractivity contribution is 0.303. The van der Waals surface area contributed by atoms with Crippen LogP contribution in [-0.4, -0.2) is 22.9 Å². The molecule has 20 heavy (non-hydrogen) atoms. The van der Waals surface area contributed by atoms with E-state index < -0.39 is 0 Å². The number of ether oxygens (including phenoxy) is 1. The molecule has 0 unspecified atom stereocenters. The minimum atomic E-state index is 0.772. The van der Waals surface area contributed by atoms with Crippen molar-refractivity contribution in [1.29, 1.82) is 0 Å². The molecule has 1 aliphatic carbocycles. The zero-order valence-corrected chi connectivity index (χ0v) is 12.6. The SMILES string of the molecule is NCCCCCOc1cnn(CCC2CCCCC2)c1. The third-order valence-electron chi connectivity index (χ3n) is 4.22. The number of hydrogen-bond donors (Lipinski definition) is 1. The molecule has 0 aliphatic heterocycles. The van der Waals surface area contributed by atoms with Crippen LogP contribution in [0.4, 0.5) is 0 Å². The molecule has 4 heteroatoms. The van der Waals surface area contributed by atoms with Crippen molar-refractivity contribution in [1.82, 2.24) is 9.78 Å². The molecule has 1 saturated carbocycles. The lowest BCUT2D eigenvalue weighted by Crippen LogP contribution is -2.10. The fourth-order valence-electron chi connectivity index (χ4n) is 2.95. The van der Waals surface area contributed by atoms with Crippen molar-refractivity contribution in [3.05, 3.63) is 12.4 Å². The second kappa shape index (κ2) is 9.01. The van der Waals surface area contributed by atoms with Crippen LogP contribution in [0, 0.1) is 5.92 Å². The Kier molecular flexibility index (Phi) is 6.92. The van der Waals surface area contributed by atoms with Crippen molar-refractivity contribution in [3.63, 3.8) is 0 Å². The standard InChI is InChI=1S/C16H29N3O/c17-10-5-2-6-12-20-16-13-18-19(14-16)11-9-15-7-3-1-4-8-15/h13-15H,1-12,17H2. The molecule has 1 aromatic heterocycles. The highest BCUT2D eigenvalue weighted by molar-refractivity contribution is 5.11. The maximum Gasteiger partial charge on any atom is 0.157 e. The van der Waals surface area contributed by atoms with Gasteiger partial charge in [-0.2, -0.15) is 5.10 Å². The molecule has 1 aliphatic rings. The van der Waals surface area contributed by atoms with E-state index in [0.29, 0.717) is 0 Å². The van der Waals surface area contributed by atoms with Crippen LogP contribution < -0.4 is 10.5 Å². The first-order chi connectivity index (χ1) is 9.88. The predicted octanol–water partition coefficient (Wildman–Crippen LogP) is 3.36. The van der Waals surface area contributed by atoms with Gasteiger partial charge in [0.2, 0.25) is 0 Å². The lowest BCUT2D eigenvalue weighted by Gasteiger charge is -2.21. The summed E-state index contributed by atoms with van der Waals surface area (Å²) in [5, 5.41) is 4.39. The van der Waals surface area contributed by atoms with Gasteiger partial charge in [-0.25, -0.2) is 0 Å². The van der Waals surface area contributed by atoms with Gasteiger partial charge in [-0.05, 0) is 38.1 Å². The summed E-state index contributed by atoms with van der Waals surface area (Å²) in [6.45, 7) is 2.58. The maximum absolute atomic E-state index is 5.70. The van der Waals surface area contributed by atoms with Crippen LogP contribution in [0.3, 0.4) is 0 Å². The normalized spacial score (nSPS) is 16.4. The largest absolute Gasteiger partial charge is 0.490 e. The highest BCUT2D eigenvalue weighted by Gasteiger charge is 2.13. The fraction of sp³-hybridized carbons (Fsp3) is 0.812. The Morgan fingerprint density at radius 1 is 1.20 bits per heavy atom. The summed E-state index contributed by atoms with van der Waals surface area (Å²) >= 11 is 0. The highest BCUT2D eigenvalue weighted by atomic mass is 16.5. The average molecular weight is 279 g/mol. The molecule has 1 heterocycles. The summed E-state index contributed by atoms with van der Waals surface area (Å²) in [5.41, 5.74) is 5.47. The zero-order valence-electron chi connectivity index (χ0n) is 12.6. The molecular weight excluding hydrogens is 250 g/mol. The molecule has 2 N–H and O–H groups in total. The Labute approximate surface area is 122 Å². The number of nitrogens with zero attached hydrogens (tertiary/aromatic N) is 2. The van der Waals surface area contributed by atoms with Crippen molar-refractivity contribution in [3.8, 4) is 5.75 Å². The Morgan fingerprint density at radius 3 is 2.85 bits per heavy atom. The molecule has 0 bridgehead atoms. The number of unbranched alkanes of at least 4 members (excludes halogenated alkanes) is 2.